The maximum absolute atomic E-state index is 15.8. The van der Waals surface area contributed by atoms with E-state index in [0.29, 0.717) is 19.2 Å². The standard InChI is InChI=1S/C58H93F3N4O18/c1-28(2)20-42(66)79-48-35(9)47(30(4)27-75-55-51(73-16)50(72-15)44(67)38(12)78-55)81-53(70)37(11)49(80-43-21-31(5)65(14)26-33(7)76-43)34(8)46(82-54-45(68)41(64-74-17)22-32(6)77-54)29(3)23-57(13,52(69)36(48)10)83-56(71)63-25-40-19-18-39(24-62-40)58(59,60)61/h18-19,24,28-38,43-51,54-55,67-68H,20-23,25-27H2,1-17H3,(H,63,71)/t29-,30-,31?,32+,33-,34+,35-,36+,37+,38+,43-,44+,45+,46-,47+,48+,49-,50+,51+,54-,55+,57-/m0/s1. The number of cyclic esters (lactones) is 1. The maximum Gasteiger partial charge on any atom is 0.417 e. The summed E-state index contributed by atoms with van der Waals surface area (Å²) in [7, 11) is 6.16. The van der Waals surface area contributed by atoms with Gasteiger partial charge in [0.1, 0.15) is 43.7 Å². The van der Waals surface area contributed by atoms with Gasteiger partial charge in [0.15, 0.2) is 30.3 Å². The van der Waals surface area contributed by atoms with Crippen LogP contribution in [-0.4, -0.2) is 189 Å². The van der Waals surface area contributed by atoms with Crippen molar-refractivity contribution < 1.29 is 99.5 Å². The lowest BCUT2D eigenvalue weighted by molar-refractivity contribution is -0.305. The first-order chi connectivity index (χ1) is 38.8. The van der Waals surface area contributed by atoms with Crippen LogP contribution in [0.1, 0.15) is 127 Å². The molecule has 1 amide bonds. The summed E-state index contributed by atoms with van der Waals surface area (Å²) in [4.78, 5) is 70.6. The molecule has 4 aliphatic heterocycles. The van der Waals surface area contributed by atoms with Crippen LogP contribution >= 0.6 is 0 Å². The molecule has 83 heavy (non-hydrogen) atoms. The fraction of sp³-hybridized carbons (Fsp3) is 0.828. The predicted molar refractivity (Wildman–Crippen MR) is 293 cm³/mol. The molecule has 3 N–H and O–H groups in total. The number of aliphatic hydroxyl groups is 2. The van der Waals surface area contributed by atoms with Crippen LogP contribution in [0.5, 0.6) is 0 Å². The van der Waals surface area contributed by atoms with E-state index in [1.165, 1.54) is 35.2 Å². The minimum atomic E-state index is -4.66. The van der Waals surface area contributed by atoms with E-state index >= 15 is 9.59 Å². The number of esters is 2. The Bertz CT molecular complexity index is 2290. The van der Waals surface area contributed by atoms with Crippen molar-refractivity contribution in [3.8, 4) is 0 Å². The van der Waals surface area contributed by atoms with Crippen LogP contribution < -0.4 is 5.32 Å². The van der Waals surface area contributed by atoms with E-state index in [0.717, 1.165) is 12.1 Å². The van der Waals surface area contributed by atoms with Gasteiger partial charge in [-0.2, -0.15) is 13.2 Å². The molecule has 4 saturated heterocycles. The van der Waals surface area contributed by atoms with Crippen molar-refractivity contribution in [2.45, 2.75) is 226 Å². The Labute approximate surface area is 486 Å². The topological polar surface area (TPSA) is 260 Å². The number of nitrogens with one attached hydrogen (secondary N) is 1. The lowest BCUT2D eigenvalue weighted by Gasteiger charge is -2.45. The summed E-state index contributed by atoms with van der Waals surface area (Å²) >= 11 is 0. The average Bonchev–Trinajstić information content (AvgIpc) is 2.97. The molecule has 4 fully saturated rings. The second-order valence-electron chi connectivity index (χ2n) is 24.0. The summed E-state index contributed by atoms with van der Waals surface area (Å²) in [6.07, 6.45) is -19.1. The van der Waals surface area contributed by atoms with Crippen molar-refractivity contribution in [2.24, 2.45) is 46.6 Å². The van der Waals surface area contributed by atoms with Gasteiger partial charge in [0.2, 0.25) is 0 Å². The summed E-state index contributed by atoms with van der Waals surface area (Å²) in [5.74, 6) is -8.30. The zero-order chi connectivity index (χ0) is 62.0. The number of carbonyl (C=O) groups is 4. The number of amides is 1. The molecule has 0 radical (unpaired) electrons. The van der Waals surface area contributed by atoms with Gasteiger partial charge < -0.3 is 77.4 Å². The third-order valence-electron chi connectivity index (χ3n) is 16.5. The Kier molecular flexibility index (Phi) is 25.6. The van der Waals surface area contributed by atoms with E-state index in [2.05, 4.69) is 20.4 Å². The van der Waals surface area contributed by atoms with Gasteiger partial charge in [-0.3, -0.25) is 19.4 Å². The van der Waals surface area contributed by atoms with Gasteiger partial charge in [-0.15, -0.1) is 0 Å². The monoisotopic (exact) mass is 1190 g/mol. The predicted octanol–water partition coefficient (Wildman–Crippen LogP) is 6.62. The summed E-state index contributed by atoms with van der Waals surface area (Å²) in [5, 5.41) is 29.3. The number of hydrogen-bond donors (Lipinski definition) is 3. The molecule has 0 saturated carbocycles. The SMILES string of the molecule is CON=C1C[C@@H](C)O[C@@H](O[C@@H]2[C@@H](C)[C@H](O[C@H]3CC(C)N(C)C[C@H](C)O3)[C@@H](C)C(=O)O[C@H]([C@@H](C)CO[C@@H]3O[C@H](C)[C@@H](O)[C@@H](OC)[C@H]3OC)[C@H](C)[C@@H](OC(=O)CC(C)C)[C@@H](C)C(=O)[C@@](C)(OC(=O)NCc3ccc(C(F)(F)F)cn3)C[C@@H]2C)[C@@H]1O. The van der Waals surface area contributed by atoms with E-state index in [1.807, 2.05) is 34.7 Å². The Hall–Kier alpha value is -4.15. The van der Waals surface area contributed by atoms with Gasteiger partial charge in [-0.05, 0) is 79.0 Å². The maximum atomic E-state index is 15.8. The van der Waals surface area contributed by atoms with Crippen molar-refractivity contribution in [2.75, 3.05) is 41.5 Å². The molecule has 1 aromatic heterocycles. The van der Waals surface area contributed by atoms with Gasteiger partial charge in [0.05, 0.1) is 72.5 Å². The number of methoxy groups -OCH3 is 2. The van der Waals surface area contributed by atoms with Crippen molar-refractivity contribution >= 4 is 29.5 Å². The molecule has 0 aromatic carbocycles. The Morgan fingerprint density at radius 2 is 1.54 bits per heavy atom. The lowest BCUT2D eigenvalue weighted by atomic mass is 9.74. The normalized spacial score (nSPS) is 38.4. The highest BCUT2D eigenvalue weighted by molar-refractivity contribution is 5.91. The van der Waals surface area contributed by atoms with E-state index in [1.54, 1.807) is 48.5 Å². The van der Waals surface area contributed by atoms with Crippen LogP contribution in [0.3, 0.4) is 0 Å². The molecule has 5 rings (SSSR count). The molecular formula is C58H93F3N4O18. The highest BCUT2D eigenvalue weighted by Crippen LogP contribution is 2.41. The second kappa shape index (κ2) is 30.5. The van der Waals surface area contributed by atoms with Crippen molar-refractivity contribution in [3.05, 3.63) is 29.6 Å². The van der Waals surface area contributed by atoms with Crippen LogP contribution in [0.25, 0.3) is 0 Å². The molecule has 1 aromatic rings. The number of aromatic nitrogens is 1. The Morgan fingerprint density at radius 3 is 2.14 bits per heavy atom. The Balaban J connectivity index is 1.70. The first kappa shape index (κ1) is 69.6. The molecule has 0 spiro atoms. The van der Waals surface area contributed by atoms with E-state index in [4.69, 9.17) is 56.9 Å². The number of aliphatic hydroxyl groups excluding tert-OH is 2. The molecule has 0 aliphatic carbocycles. The summed E-state index contributed by atoms with van der Waals surface area (Å²) in [6.45, 7) is 22.5. The van der Waals surface area contributed by atoms with Crippen LogP contribution in [0.15, 0.2) is 23.5 Å². The van der Waals surface area contributed by atoms with Crippen LogP contribution in [-0.2, 0) is 84.0 Å². The number of nitrogens with zero attached hydrogens (tertiary/aromatic N) is 3. The Morgan fingerprint density at radius 1 is 0.867 bits per heavy atom. The van der Waals surface area contributed by atoms with Crippen molar-refractivity contribution in [1.82, 2.24) is 15.2 Å². The molecule has 5 heterocycles. The first-order valence-electron chi connectivity index (χ1n) is 28.9. The van der Waals surface area contributed by atoms with Crippen molar-refractivity contribution in [3.63, 3.8) is 0 Å². The molecule has 4 aliphatic rings. The highest BCUT2D eigenvalue weighted by Gasteiger charge is 2.53. The molecule has 22 atom stereocenters. The third-order valence-corrected chi connectivity index (χ3v) is 16.5. The summed E-state index contributed by atoms with van der Waals surface area (Å²) in [6, 6.07) is 1.88. The molecular weight excluding hydrogens is 1100 g/mol. The number of ketones is 1. The number of alkyl carbamates (subject to hydrolysis) is 1. The zero-order valence-electron chi connectivity index (χ0n) is 51.3. The zero-order valence-corrected chi connectivity index (χ0v) is 51.3. The number of alkyl halides is 3. The number of hydrogen-bond acceptors (Lipinski definition) is 21. The number of oxime groups is 1. The number of likely N-dealkylation sites (N-methyl/N-ethyl adjacent to an activating group) is 1. The molecule has 1 unspecified atom stereocenters. The van der Waals surface area contributed by atoms with Crippen LogP contribution in [0.4, 0.5) is 18.0 Å². The minimum absolute atomic E-state index is 0.0394. The number of Topliss-reactive ketones (excluding diaryl/α,β-unsaturated/α-hetero) is 1. The number of pyridine rings is 1. The summed E-state index contributed by atoms with van der Waals surface area (Å²) < 4.78 is 110. The van der Waals surface area contributed by atoms with Gasteiger partial charge >= 0.3 is 24.2 Å². The van der Waals surface area contributed by atoms with Crippen LogP contribution in [0.2, 0.25) is 0 Å². The first-order valence-corrected chi connectivity index (χ1v) is 28.9. The van der Waals surface area contributed by atoms with E-state index in [9.17, 15) is 33.0 Å². The minimum Gasteiger partial charge on any atom is -0.461 e. The quantitative estimate of drug-likeness (QED) is 0.0841. The summed E-state index contributed by atoms with van der Waals surface area (Å²) in [5.41, 5.74) is -2.85. The molecule has 22 nitrogen and oxygen atoms in total. The fourth-order valence-electron chi connectivity index (χ4n) is 11.9. The fourth-order valence-corrected chi connectivity index (χ4v) is 11.9. The average molecular weight is 1190 g/mol. The smallest absolute Gasteiger partial charge is 0.417 e. The van der Waals surface area contributed by atoms with Gasteiger partial charge in [0.25, 0.3) is 0 Å². The van der Waals surface area contributed by atoms with Crippen LogP contribution in [0, 0.1) is 41.4 Å². The van der Waals surface area contributed by atoms with Crippen molar-refractivity contribution in [1.29, 1.82) is 0 Å². The molecule has 474 valence electrons. The molecule has 25 heteroatoms. The number of rotatable bonds is 17. The van der Waals surface area contributed by atoms with Gasteiger partial charge in [-0.25, -0.2) is 4.79 Å². The third kappa shape index (κ3) is 18.2. The van der Waals surface area contributed by atoms with E-state index < -0.39 is 163 Å². The van der Waals surface area contributed by atoms with E-state index in [-0.39, 0.29) is 55.3 Å². The number of ether oxygens (including phenoxy) is 11. The highest BCUT2D eigenvalue weighted by atomic mass is 19.4. The lowest BCUT2D eigenvalue weighted by Crippen LogP contribution is -2.59. The number of halogens is 3. The van der Waals surface area contributed by atoms with Gasteiger partial charge in [-0.1, -0.05) is 53.6 Å². The second-order valence-corrected chi connectivity index (χ2v) is 24.0. The largest absolute Gasteiger partial charge is 0.461 e. The number of carbonyl (C=O) groups excluding carboxylic acids is 4. The molecule has 0 bridgehead atoms. The van der Waals surface area contributed by atoms with Gasteiger partial charge in [0, 0.05) is 70.0 Å².